The Labute approximate surface area is 203 Å². The molecule has 1 fully saturated rings. The van der Waals surface area contributed by atoms with E-state index in [4.69, 9.17) is 4.84 Å². The van der Waals surface area contributed by atoms with Crippen LogP contribution in [0.2, 0.25) is 0 Å². The predicted molar refractivity (Wildman–Crippen MR) is 126 cm³/mol. The third-order valence-corrected chi connectivity index (χ3v) is 9.04. The van der Waals surface area contributed by atoms with Crippen molar-refractivity contribution in [3.63, 3.8) is 0 Å². The average Bonchev–Trinajstić information content (AvgIpc) is 2.80. The van der Waals surface area contributed by atoms with Crippen LogP contribution in [0.5, 0.6) is 0 Å². The predicted octanol–water partition coefficient (Wildman–Crippen LogP) is 3.80. The van der Waals surface area contributed by atoms with Gasteiger partial charge in [0.1, 0.15) is 10.9 Å². The first kappa shape index (κ1) is 25.5. The van der Waals surface area contributed by atoms with Crippen LogP contribution in [-0.2, 0) is 26.1 Å². The largest absolute Gasteiger partial charge is 0.497 e. The van der Waals surface area contributed by atoms with Crippen LogP contribution in [0.25, 0.3) is 0 Å². The molecule has 0 bridgehead atoms. The number of fused-ring (bicyclic) bond motifs is 1. The molecule has 2 aliphatic heterocycles. The lowest BCUT2D eigenvalue weighted by Gasteiger charge is -2.42. The van der Waals surface area contributed by atoms with Crippen LogP contribution in [0, 0.1) is 6.92 Å². The maximum Gasteiger partial charge on any atom is 0.497 e. The number of benzene rings is 2. The number of carbonyl (C=O) groups is 1. The molecule has 0 N–H and O–H groups in total. The standard InChI is InChI=1S/C24H29F3N3O4S/c1-17-7-10-19(11-8-17)35(32,33)30(34-23(31)24(25,26)27)18(2)9-12-20-21(5-4-6-22(20)30)29-15-13-28(3)14-16-29/h4-8,10-11,18H,9,12-16H2,1-3H3/q+1. The van der Waals surface area contributed by atoms with Crippen molar-refractivity contribution in [2.45, 2.75) is 43.8 Å². The topological polar surface area (TPSA) is 66.9 Å². The number of hydroxylamine groups is 1. The fourth-order valence-corrected chi connectivity index (χ4v) is 6.78. The van der Waals surface area contributed by atoms with Crippen LogP contribution in [0.4, 0.5) is 24.5 Å². The van der Waals surface area contributed by atoms with Crippen molar-refractivity contribution >= 4 is 27.4 Å². The molecule has 0 aromatic heterocycles. The zero-order valence-electron chi connectivity index (χ0n) is 19.9. The Morgan fingerprint density at radius 2 is 1.69 bits per heavy atom. The maximum atomic E-state index is 14.1. The highest BCUT2D eigenvalue weighted by Gasteiger charge is 2.61. The summed E-state index contributed by atoms with van der Waals surface area (Å²) in [5.41, 5.74) is 2.17. The van der Waals surface area contributed by atoms with E-state index in [1.165, 1.54) is 25.1 Å². The first-order valence-electron chi connectivity index (χ1n) is 11.4. The van der Waals surface area contributed by atoms with Crippen LogP contribution in [0.1, 0.15) is 24.5 Å². The van der Waals surface area contributed by atoms with Gasteiger partial charge in [0, 0.05) is 54.0 Å². The molecular weight excluding hydrogens is 483 g/mol. The van der Waals surface area contributed by atoms with Gasteiger partial charge in [-0.05, 0) is 45.5 Å². The third-order valence-electron chi connectivity index (χ3n) is 6.82. The number of halogens is 3. The smallest absolute Gasteiger partial charge is 0.369 e. The van der Waals surface area contributed by atoms with Crippen LogP contribution in [0.15, 0.2) is 47.4 Å². The number of hydrogen-bond acceptors (Lipinski definition) is 6. The molecule has 0 saturated carbocycles. The van der Waals surface area contributed by atoms with Gasteiger partial charge in [-0.2, -0.15) is 21.6 Å². The number of likely N-dealkylation sites (N-methyl/N-ethyl adjacent to an activating group) is 1. The minimum atomic E-state index is -5.36. The molecule has 190 valence electrons. The Balaban J connectivity index is 1.94. The Hall–Kier alpha value is -2.63. The molecule has 2 atom stereocenters. The maximum absolute atomic E-state index is 14.1. The molecule has 2 aromatic rings. The minimum absolute atomic E-state index is 0.0401. The van der Waals surface area contributed by atoms with Gasteiger partial charge in [0.2, 0.25) is 0 Å². The Morgan fingerprint density at radius 1 is 1.06 bits per heavy atom. The molecule has 2 heterocycles. The second-order valence-electron chi connectivity index (χ2n) is 9.21. The molecule has 7 nitrogen and oxygen atoms in total. The quantitative estimate of drug-likeness (QED) is 0.581. The minimum Gasteiger partial charge on any atom is -0.369 e. The van der Waals surface area contributed by atoms with E-state index in [1.807, 2.05) is 13.1 Å². The highest BCUT2D eigenvalue weighted by molar-refractivity contribution is 7.90. The number of nitrogens with zero attached hydrogens (tertiary/aromatic N) is 3. The lowest BCUT2D eigenvalue weighted by Crippen LogP contribution is -2.63. The van der Waals surface area contributed by atoms with E-state index in [1.54, 1.807) is 25.1 Å². The summed E-state index contributed by atoms with van der Waals surface area (Å²) in [4.78, 5) is 21.3. The summed E-state index contributed by atoms with van der Waals surface area (Å²) in [6, 6.07) is 9.73. The zero-order valence-corrected chi connectivity index (χ0v) is 20.7. The molecule has 0 spiro atoms. The van der Waals surface area contributed by atoms with Gasteiger partial charge in [-0.25, -0.2) is 9.63 Å². The van der Waals surface area contributed by atoms with E-state index >= 15 is 0 Å². The molecule has 2 aliphatic rings. The number of alkyl halides is 3. The number of hydrogen-bond donors (Lipinski definition) is 0. The summed E-state index contributed by atoms with van der Waals surface area (Å²) in [5, 5.41) is 0. The van der Waals surface area contributed by atoms with Crippen LogP contribution in [-0.4, -0.2) is 64.7 Å². The first-order valence-corrected chi connectivity index (χ1v) is 12.9. The van der Waals surface area contributed by atoms with Gasteiger partial charge in [0.25, 0.3) is 0 Å². The van der Waals surface area contributed by atoms with E-state index in [-0.39, 0.29) is 17.0 Å². The molecule has 2 unspecified atom stereocenters. The summed E-state index contributed by atoms with van der Waals surface area (Å²) in [6.07, 6.45) is -4.69. The number of sulfonamides is 1. The average molecular weight is 513 g/mol. The van der Waals surface area contributed by atoms with E-state index in [9.17, 15) is 26.4 Å². The summed E-state index contributed by atoms with van der Waals surface area (Å²) in [6.45, 7) is 6.24. The number of anilines is 1. The van der Waals surface area contributed by atoms with Crippen molar-refractivity contribution in [1.29, 1.82) is 0 Å². The first-order chi connectivity index (χ1) is 16.4. The lowest BCUT2D eigenvalue weighted by molar-refractivity contribution is -0.225. The summed E-state index contributed by atoms with van der Waals surface area (Å²) in [5.74, 6) is -2.54. The van der Waals surface area contributed by atoms with Crippen LogP contribution < -0.4 is 8.95 Å². The number of aryl methyl sites for hydroxylation is 1. The summed E-state index contributed by atoms with van der Waals surface area (Å²) in [7, 11) is -2.64. The van der Waals surface area contributed by atoms with Gasteiger partial charge < -0.3 is 9.80 Å². The molecule has 0 radical (unpaired) electrons. The summed E-state index contributed by atoms with van der Waals surface area (Å²) >= 11 is 0. The second-order valence-corrected chi connectivity index (χ2v) is 11.2. The molecule has 1 saturated heterocycles. The SMILES string of the molecule is Cc1ccc(S(=O)(=O)[N+]2(OC(=O)C(F)(F)F)c3cccc(N4CCN(C)CC4)c3CCC2C)cc1. The van der Waals surface area contributed by atoms with Crippen molar-refractivity contribution in [3.05, 3.63) is 53.6 Å². The van der Waals surface area contributed by atoms with Gasteiger partial charge in [0.05, 0.1) is 0 Å². The number of piperazine rings is 1. The van der Waals surface area contributed by atoms with E-state index in [0.29, 0.717) is 25.1 Å². The third kappa shape index (κ3) is 4.41. The van der Waals surface area contributed by atoms with Crippen molar-refractivity contribution < 1.29 is 31.2 Å². The molecule has 0 amide bonds. The Bertz CT molecular complexity index is 1210. The molecule has 2 aromatic carbocycles. The van der Waals surface area contributed by atoms with E-state index in [2.05, 4.69) is 9.80 Å². The van der Waals surface area contributed by atoms with Crippen molar-refractivity contribution in [1.82, 2.24) is 8.95 Å². The van der Waals surface area contributed by atoms with Gasteiger partial charge in [-0.3, -0.25) is 0 Å². The monoisotopic (exact) mass is 512 g/mol. The van der Waals surface area contributed by atoms with Crippen LogP contribution in [0.3, 0.4) is 0 Å². The number of quaternary nitrogens is 1. The van der Waals surface area contributed by atoms with Gasteiger partial charge >= 0.3 is 22.2 Å². The molecule has 4 rings (SSSR count). The van der Waals surface area contributed by atoms with E-state index < -0.39 is 32.3 Å². The summed E-state index contributed by atoms with van der Waals surface area (Å²) < 4.78 is 66.9. The number of rotatable bonds is 4. The molecule has 35 heavy (non-hydrogen) atoms. The van der Waals surface area contributed by atoms with Crippen LogP contribution >= 0.6 is 0 Å². The van der Waals surface area contributed by atoms with Crippen molar-refractivity contribution in [2.75, 3.05) is 38.1 Å². The van der Waals surface area contributed by atoms with E-state index in [0.717, 1.165) is 24.3 Å². The fraction of sp³-hybridized carbons (Fsp3) is 0.458. The molecule has 11 heteroatoms. The molecule has 0 aliphatic carbocycles. The van der Waals surface area contributed by atoms with Crippen molar-refractivity contribution in [3.8, 4) is 0 Å². The zero-order chi connectivity index (χ0) is 25.6. The van der Waals surface area contributed by atoms with Gasteiger partial charge in [-0.15, -0.1) is 0 Å². The normalized spacial score (nSPS) is 23.6. The highest BCUT2D eigenvalue weighted by atomic mass is 32.2. The highest BCUT2D eigenvalue weighted by Crippen LogP contribution is 2.47. The Morgan fingerprint density at radius 3 is 2.29 bits per heavy atom. The fourth-order valence-electron chi connectivity index (χ4n) is 4.81. The lowest BCUT2D eigenvalue weighted by atomic mass is 9.96. The molecular formula is C24H29F3N3O4S+. The van der Waals surface area contributed by atoms with Crippen molar-refractivity contribution in [2.24, 2.45) is 0 Å². The number of carbonyl (C=O) groups excluding carboxylic acids is 1. The second kappa shape index (κ2) is 9.11. The Kier molecular flexibility index (Phi) is 6.62. The van der Waals surface area contributed by atoms with Gasteiger partial charge in [0.15, 0.2) is 5.69 Å². The van der Waals surface area contributed by atoms with Gasteiger partial charge in [-0.1, -0.05) is 23.8 Å².